The van der Waals surface area contributed by atoms with E-state index < -0.39 is 10.0 Å². The quantitative estimate of drug-likeness (QED) is 0.924. The number of benzene rings is 1. The summed E-state index contributed by atoms with van der Waals surface area (Å²) < 4.78 is 27.9. The van der Waals surface area contributed by atoms with Gasteiger partial charge >= 0.3 is 0 Å². The van der Waals surface area contributed by atoms with Gasteiger partial charge in [0.2, 0.25) is 10.0 Å². The van der Waals surface area contributed by atoms with Gasteiger partial charge < -0.3 is 0 Å². The summed E-state index contributed by atoms with van der Waals surface area (Å²) in [5, 5.41) is 0. The van der Waals surface area contributed by atoms with E-state index in [0.717, 1.165) is 32.1 Å². The molecule has 0 unspecified atom stereocenters. The lowest BCUT2D eigenvalue weighted by Crippen LogP contribution is -2.35. The highest BCUT2D eigenvalue weighted by Gasteiger charge is 2.27. The molecular weight excluding hydrogens is 282 g/mol. The van der Waals surface area contributed by atoms with E-state index in [9.17, 15) is 8.42 Å². The van der Waals surface area contributed by atoms with E-state index in [4.69, 9.17) is 0 Å². The van der Waals surface area contributed by atoms with Crippen LogP contribution in [0.1, 0.15) is 62.1 Å². The van der Waals surface area contributed by atoms with Crippen molar-refractivity contribution in [3.05, 3.63) is 35.4 Å². The van der Waals surface area contributed by atoms with Crippen LogP contribution >= 0.6 is 0 Å². The minimum absolute atomic E-state index is 0.0245. The second-order valence-corrected chi connectivity index (χ2v) is 8.35. The minimum atomic E-state index is -3.17. The van der Waals surface area contributed by atoms with Gasteiger partial charge in [0.1, 0.15) is 0 Å². The molecular formula is C17H25NO2S. The first-order chi connectivity index (χ1) is 10.1. The first-order valence-electron chi connectivity index (χ1n) is 8.22. The van der Waals surface area contributed by atoms with Crippen molar-refractivity contribution in [3.63, 3.8) is 0 Å². The maximum Gasteiger partial charge on any atom is 0.212 e. The zero-order valence-corrected chi connectivity index (χ0v) is 13.4. The van der Waals surface area contributed by atoms with Gasteiger partial charge in [-0.3, -0.25) is 0 Å². The third kappa shape index (κ3) is 3.86. The lowest BCUT2D eigenvalue weighted by atomic mass is 9.88. The van der Waals surface area contributed by atoms with Crippen LogP contribution < -0.4 is 4.72 Å². The molecule has 1 aromatic rings. The van der Waals surface area contributed by atoms with Gasteiger partial charge in [-0.05, 0) is 49.1 Å². The molecule has 0 aromatic heterocycles. The molecule has 116 valence electrons. The molecule has 0 bridgehead atoms. The Hall–Kier alpha value is -0.870. The summed E-state index contributed by atoms with van der Waals surface area (Å²) in [6.45, 7) is 0. The molecule has 3 rings (SSSR count). The van der Waals surface area contributed by atoms with Crippen molar-refractivity contribution in [2.75, 3.05) is 5.75 Å². The molecule has 0 spiro atoms. The number of aryl methyl sites for hydroxylation is 1. The predicted octanol–water partition coefficient (Wildman–Crippen LogP) is 3.56. The lowest BCUT2D eigenvalue weighted by molar-refractivity contribution is 0.382. The van der Waals surface area contributed by atoms with Crippen LogP contribution in [-0.2, 0) is 16.4 Å². The van der Waals surface area contributed by atoms with Gasteiger partial charge in [0.25, 0.3) is 0 Å². The molecule has 0 radical (unpaired) electrons. The third-order valence-electron chi connectivity index (χ3n) is 4.87. The Bertz CT molecular complexity index is 576. The lowest BCUT2D eigenvalue weighted by Gasteiger charge is -2.28. The normalized spacial score (nSPS) is 23.7. The Kier molecular flexibility index (Phi) is 4.65. The molecule has 21 heavy (non-hydrogen) atoms. The van der Waals surface area contributed by atoms with Crippen molar-refractivity contribution in [2.24, 2.45) is 5.92 Å². The first-order valence-corrected chi connectivity index (χ1v) is 9.87. The van der Waals surface area contributed by atoms with Crippen molar-refractivity contribution in [1.29, 1.82) is 0 Å². The fourth-order valence-electron chi connectivity index (χ4n) is 3.81. The van der Waals surface area contributed by atoms with Crippen molar-refractivity contribution in [2.45, 2.75) is 57.4 Å². The molecule has 0 amide bonds. The van der Waals surface area contributed by atoms with Gasteiger partial charge in [-0.2, -0.15) is 0 Å². The Morgan fingerprint density at radius 3 is 2.57 bits per heavy atom. The Labute approximate surface area is 128 Å². The third-order valence-corrected chi connectivity index (χ3v) is 6.42. The first kappa shape index (κ1) is 15.0. The fourth-order valence-corrected chi connectivity index (χ4v) is 5.53. The van der Waals surface area contributed by atoms with E-state index in [0.29, 0.717) is 11.7 Å². The Balaban J connectivity index is 1.68. The van der Waals surface area contributed by atoms with Crippen LogP contribution in [0.5, 0.6) is 0 Å². The van der Waals surface area contributed by atoms with E-state index >= 15 is 0 Å². The van der Waals surface area contributed by atoms with Crippen LogP contribution in [0.2, 0.25) is 0 Å². The summed E-state index contributed by atoms with van der Waals surface area (Å²) in [5.41, 5.74) is 2.48. The summed E-state index contributed by atoms with van der Waals surface area (Å²) in [6.07, 6.45) is 8.83. The summed E-state index contributed by atoms with van der Waals surface area (Å²) in [7, 11) is -3.17. The second-order valence-electron chi connectivity index (χ2n) is 6.55. The standard InChI is InChI=1S/C17H25NO2S/c19-21(20,13-14-7-2-1-3-8-14)18-17-12-6-10-15-9-4-5-11-16(15)17/h4-5,9,11,14,17-18H,1-3,6-8,10,12-13H2/t17-/m0/s1. The fraction of sp³-hybridized carbons (Fsp3) is 0.647. The Morgan fingerprint density at radius 2 is 1.76 bits per heavy atom. The molecule has 1 aromatic carbocycles. The van der Waals surface area contributed by atoms with E-state index in [1.54, 1.807) is 0 Å². The molecule has 1 saturated carbocycles. The maximum absolute atomic E-state index is 12.5. The molecule has 4 heteroatoms. The molecule has 0 heterocycles. The van der Waals surface area contributed by atoms with Crippen LogP contribution in [0.15, 0.2) is 24.3 Å². The van der Waals surface area contributed by atoms with Gasteiger partial charge in [-0.15, -0.1) is 0 Å². The highest BCUT2D eigenvalue weighted by atomic mass is 32.2. The molecule has 0 aliphatic heterocycles. The van der Waals surface area contributed by atoms with Gasteiger partial charge in [-0.25, -0.2) is 13.1 Å². The van der Waals surface area contributed by atoms with Crippen molar-refractivity contribution < 1.29 is 8.42 Å². The molecule has 0 saturated heterocycles. The number of nitrogens with one attached hydrogen (secondary N) is 1. The minimum Gasteiger partial charge on any atom is -0.212 e. The van der Waals surface area contributed by atoms with Gasteiger partial charge in [0.05, 0.1) is 5.75 Å². The van der Waals surface area contributed by atoms with Crippen LogP contribution in [0.25, 0.3) is 0 Å². The van der Waals surface area contributed by atoms with Gasteiger partial charge in [0.15, 0.2) is 0 Å². The van der Waals surface area contributed by atoms with Crippen molar-refractivity contribution >= 4 is 10.0 Å². The van der Waals surface area contributed by atoms with Gasteiger partial charge in [0, 0.05) is 6.04 Å². The highest BCUT2D eigenvalue weighted by molar-refractivity contribution is 7.89. The topological polar surface area (TPSA) is 46.2 Å². The van der Waals surface area contributed by atoms with E-state index in [2.05, 4.69) is 16.9 Å². The SMILES string of the molecule is O=S(=O)(CC1CCCCC1)N[C@H]1CCCc2ccccc21. The number of fused-ring (bicyclic) bond motifs is 1. The Morgan fingerprint density at radius 1 is 1.00 bits per heavy atom. The molecule has 2 aliphatic carbocycles. The largest absolute Gasteiger partial charge is 0.212 e. The van der Waals surface area contributed by atoms with E-state index in [1.165, 1.54) is 30.4 Å². The van der Waals surface area contributed by atoms with E-state index in [-0.39, 0.29) is 6.04 Å². The van der Waals surface area contributed by atoms with Crippen molar-refractivity contribution in [3.8, 4) is 0 Å². The van der Waals surface area contributed by atoms with Crippen LogP contribution in [0, 0.1) is 5.92 Å². The molecule has 2 aliphatic rings. The molecule has 1 atom stereocenters. The molecule has 3 nitrogen and oxygen atoms in total. The summed E-state index contributed by atoms with van der Waals surface area (Å²) in [6, 6.07) is 8.22. The summed E-state index contributed by atoms with van der Waals surface area (Å²) in [4.78, 5) is 0. The maximum atomic E-state index is 12.5. The number of sulfonamides is 1. The average molecular weight is 307 g/mol. The number of hydrogen-bond donors (Lipinski definition) is 1. The second kappa shape index (κ2) is 6.49. The molecule has 1 fully saturated rings. The average Bonchev–Trinajstić information content (AvgIpc) is 2.48. The number of hydrogen-bond acceptors (Lipinski definition) is 2. The zero-order chi connectivity index (χ0) is 14.7. The smallest absolute Gasteiger partial charge is 0.212 e. The summed E-state index contributed by atoms with van der Waals surface area (Å²) in [5.74, 6) is 0.668. The highest BCUT2D eigenvalue weighted by Crippen LogP contribution is 2.31. The number of rotatable bonds is 4. The van der Waals surface area contributed by atoms with Crippen molar-refractivity contribution in [1.82, 2.24) is 4.72 Å². The van der Waals surface area contributed by atoms with Crippen LogP contribution in [0.3, 0.4) is 0 Å². The van der Waals surface area contributed by atoms with Gasteiger partial charge in [-0.1, -0.05) is 43.5 Å². The van der Waals surface area contributed by atoms with Crippen LogP contribution in [0.4, 0.5) is 0 Å². The van der Waals surface area contributed by atoms with E-state index in [1.807, 2.05) is 12.1 Å². The predicted molar refractivity (Wildman–Crippen MR) is 85.6 cm³/mol. The zero-order valence-electron chi connectivity index (χ0n) is 12.6. The molecule has 1 N–H and O–H groups in total. The summed E-state index contributed by atoms with van der Waals surface area (Å²) >= 11 is 0. The van der Waals surface area contributed by atoms with Crippen LogP contribution in [-0.4, -0.2) is 14.2 Å². The monoisotopic (exact) mass is 307 g/mol.